The highest BCUT2D eigenvalue weighted by molar-refractivity contribution is 5.75. The Balaban J connectivity index is 1.53. The van der Waals surface area contributed by atoms with Crippen molar-refractivity contribution in [3.8, 4) is 5.75 Å². The molecule has 15 nitrogen and oxygen atoms in total. The van der Waals surface area contributed by atoms with E-state index < -0.39 is 4.92 Å². The number of azo groups is 2. The maximum atomic E-state index is 12.2. The van der Waals surface area contributed by atoms with Gasteiger partial charge in [-0.15, -0.1) is 5.11 Å². The Morgan fingerprint density at radius 3 is 2.17 bits per heavy atom. The van der Waals surface area contributed by atoms with E-state index in [9.17, 15) is 20.0 Å². The predicted molar refractivity (Wildman–Crippen MR) is 178 cm³/mol. The van der Waals surface area contributed by atoms with Gasteiger partial charge in [0.05, 0.1) is 62.1 Å². The maximum absolute atomic E-state index is 12.2. The summed E-state index contributed by atoms with van der Waals surface area (Å²) in [5.74, 6) is 0.363. The molecule has 15 heteroatoms. The number of nitrogens with zero attached hydrogens (tertiary/aromatic N) is 6. The molecule has 0 aliphatic carbocycles. The Bertz CT molecular complexity index is 1470. The third-order valence-corrected chi connectivity index (χ3v) is 6.79. The number of nitrogens with one attached hydrogen (secondary N) is 1. The molecular weight excluding hydrogens is 608 g/mol. The number of ether oxygens (including phenoxy) is 3. The van der Waals surface area contributed by atoms with E-state index in [0.717, 1.165) is 18.8 Å². The number of carbonyl (C=O) groups excluding carboxylic acids is 1. The lowest BCUT2D eigenvalue weighted by molar-refractivity contribution is -0.384. The third kappa shape index (κ3) is 12.5. The zero-order chi connectivity index (χ0) is 33.9. The van der Waals surface area contributed by atoms with Crippen molar-refractivity contribution in [3.05, 3.63) is 76.3 Å². The van der Waals surface area contributed by atoms with E-state index in [2.05, 4.69) is 37.6 Å². The molecule has 0 saturated carbocycles. The second-order valence-electron chi connectivity index (χ2n) is 10.0. The number of aliphatic hydroxyl groups excluding tert-OH is 1. The molecule has 0 aromatic heterocycles. The summed E-state index contributed by atoms with van der Waals surface area (Å²) in [5, 5.41) is 40.7. The van der Waals surface area contributed by atoms with Gasteiger partial charge in [-0.3, -0.25) is 14.9 Å². The summed E-state index contributed by atoms with van der Waals surface area (Å²) in [6, 6.07) is 16.4. The molecule has 3 aromatic carbocycles. The molecule has 1 amide bonds. The van der Waals surface area contributed by atoms with Gasteiger partial charge in [0.2, 0.25) is 5.91 Å². The van der Waals surface area contributed by atoms with Crippen LogP contribution >= 0.6 is 0 Å². The molecule has 0 bridgehead atoms. The summed E-state index contributed by atoms with van der Waals surface area (Å²) in [7, 11) is 1.49. The SMILES string of the molecule is CCN(CCCC(=O)NCCOCCOCCN)c1ccc(N=Nc2cc(CO)c(N=Nc3ccc([N+](=O)[O-])cc3)cc2OC)cc1. The van der Waals surface area contributed by atoms with E-state index >= 15 is 0 Å². The molecule has 0 spiro atoms. The Morgan fingerprint density at radius 1 is 0.936 bits per heavy atom. The molecule has 3 aromatic rings. The molecule has 3 rings (SSSR count). The normalized spacial score (nSPS) is 11.3. The van der Waals surface area contributed by atoms with E-state index in [0.29, 0.717) is 86.4 Å². The topological polar surface area (TPSA) is 199 Å². The Labute approximate surface area is 273 Å². The van der Waals surface area contributed by atoms with Crippen LogP contribution in [-0.2, 0) is 20.9 Å². The molecule has 0 aliphatic heterocycles. The number of nitro groups is 1. The number of non-ortho nitro benzene ring substituents is 1. The number of aliphatic hydroxyl groups is 1. The standard InChI is InChI=1S/C32H42N8O7/c1-3-39(16-4-5-32(42)34-15-18-47-20-19-46-17-14-33)27-10-6-25(7-11-27)36-38-30-21-24(23-41)29(22-31(30)45-2)37-35-26-8-12-28(13-9-26)40(43)44/h6-13,21-22,41H,3-5,14-20,23,33H2,1-2H3,(H,34,42). The lowest BCUT2D eigenvalue weighted by atomic mass is 10.1. The summed E-state index contributed by atoms with van der Waals surface area (Å²) < 4.78 is 16.1. The van der Waals surface area contributed by atoms with Crippen LogP contribution in [-0.4, -0.2) is 75.7 Å². The second-order valence-corrected chi connectivity index (χ2v) is 10.0. The first-order chi connectivity index (χ1) is 22.9. The fourth-order valence-electron chi connectivity index (χ4n) is 4.31. The summed E-state index contributed by atoms with van der Waals surface area (Å²) >= 11 is 0. The molecule has 4 N–H and O–H groups in total. The van der Waals surface area contributed by atoms with Crippen LogP contribution in [0.4, 0.5) is 34.1 Å². The van der Waals surface area contributed by atoms with Crippen molar-refractivity contribution >= 4 is 40.0 Å². The highest BCUT2D eigenvalue weighted by Gasteiger charge is 2.12. The summed E-state index contributed by atoms with van der Waals surface area (Å²) in [6.45, 7) is 6.05. The number of amides is 1. The fourth-order valence-corrected chi connectivity index (χ4v) is 4.31. The van der Waals surface area contributed by atoms with Gasteiger partial charge >= 0.3 is 0 Å². The van der Waals surface area contributed by atoms with Gasteiger partial charge in [0.15, 0.2) is 0 Å². The molecular formula is C32H42N8O7. The average molecular weight is 651 g/mol. The molecule has 0 saturated heterocycles. The smallest absolute Gasteiger partial charge is 0.269 e. The van der Waals surface area contributed by atoms with Gasteiger partial charge in [-0.2, -0.15) is 15.3 Å². The van der Waals surface area contributed by atoms with Gasteiger partial charge in [-0.25, -0.2) is 0 Å². The van der Waals surface area contributed by atoms with Crippen molar-refractivity contribution in [1.82, 2.24) is 5.32 Å². The van der Waals surface area contributed by atoms with Gasteiger partial charge in [-0.05, 0) is 55.8 Å². The third-order valence-electron chi connectivity index (χ3n) is 6.79. The van der Waals surface area contributed by atoms with Gasteiger partial charge in [0.1, 0.15) is 11.4 Å². The summed E-state index contributed by atoms with van der Waals surface area (Å²) in [5.41, 5.74) is 8.54. The van der Waals surface area contributed by atoms with E-state index in [1.54, 1.807) is 12.1 Å². The van der Waals surface area contributed by atoms with Crippen LogP contribution in [0.1, 0.15) is 25.3 Å². The fraction of sp³-hybridized carbons (Fsp3) is 0.406. The minimum Gasteiger partial charge on any atom is -0.494 e. The zero-order valence-corrected chi connectivity index (χ0v) is 26.7. The van der Waals surface area contributed by atoms with E-state index in [-0.39, 0.29) is 18.2 Å². The number of methoxy groups -OCH3 is 1. The van der Waals surface area contributed by atoms with E-state index in [4.69, 9.17) is 19.9 Å². The monoisotopic (exact) mass is 650 g/mol. The first kappa shape index (κ1) is 36.6. The van der Waals surface area contributed by atoms with Crippen molar-refractivity contribution < 1.29 is 29.0 Å². The lowest BCUT2D eigenvalue weighted by Crippen LogP contribution is -2.29. The molecule has 252 valence electrons. The van der Waals surface area contributed by atoms with Crippen LogP contribution in [0.2, 0.25) is 0 Å². The molecule has 47 heavy (non-hydrogen) atoms. The predicted octanol–water partition coefficient (Wildman–Crippen LogP) is 5.64. The Morgan fingerprint density at radius 2 is 1.57 bits per heavy atom. The first-order valence-electron chi connectivity index (χ1n) is 15.3. The highest BCUT2D eigenvalue weighted by atomic mass is 16.6. The van der Waals surface area contributed by atoms with Crippen molar-refractivity contribution in [2.75, 3.05) is 64.6 Å². The minimum atomic E-state index is -0.493. The molecule has 0 heterocycles. The first-order valence-corrected chi connectivity index (χ1v) is 15.3. The van der Waals surface area contributed by atoms with Crippen molar-refractivity contribution in [2.45, 2.75) is 26.4 Å². The van der Waals surface area contributed by atoms with Crippen LogP contribution in [0.5, 0.6) is 5.75 Å². The average Bonchev–Trinajstić information content (AvgIpc) is 3.09. The number of nitrogens with two attached hydrogens (primary N) is 1. The zero-order valence-electron chi connectivity index (χ0n) is 26.7. The number of carbonyl (C=O) groups is 1. The quantitative estimate of drug-likeness (QED) is 0.0565. The van der Waals surface area contributed by atoms with Crippen LogP contribution in [0, 0.1) is 10.1 Å². The number of hydrogen-bond acceptors (Lipinski definition) is 13. The number of nitro benzene ring substituents is 1. The number of hydrogen-bond donors (Lipinski definition) is 3. The van der Waals surface area contributed by atoms with E-state index in [1.165, 1.54) is 31.4 Å². The summed E-state index contributed by atoms with van der Waals surface area (Å²) in [4.78, 5) is 24.7. The van der Waals surface area contributed by atoms with Gasteiger partial charge < -0.3 is 35.3 Å². The highest BCUT2D eigenvalue weighted by Crippen LogP contribution is 2.37. The van der Waals surface area contributed by atoms with Crippen LogP contribution in [0.25, 0.3) is 0 Å². The van der Waals surface area contributed by atoms with Crippen molar-refractivity contribution in [1.29, 1.82) is 0 Å². The van der Waals surface area contributed by atoms with Crippen LogP contribution in [0.3, 0.4) is 0 Å². The second kappa shape index (κ2) is 20.3. The maximum Gasteiger partial charge on any atom is 0.269 e. The number of benzene rings is 3. The lowest BCUT2D eigenvalue weighted by Gasteiger charge is -2.23. The van der Waals surface area contributed by atoms with Crippen molar-refractivity contribution in [3.63, 3.8) is 0 Å². The van der Waals surface area contributed by atoms with Crippen LogP contribution < -0.4 is 20.7 Å². The largest absolute Gasteiger partial charge is 0.494 e. The van der Waals surface area contributed by atoms with Gasteiger partial charge in [0.25, 0.3) is 5.69 Å². The Kier molecular flexibility index (Phi) is 15.8. The van der Waals surface area contributed by atoms with Crippen LogP contribution in [0.15, 0.2) is 81.1 Å². The Hall–Kier alpha value is -4.83. The minimum absolute atomic E-state index is 0.0137. The molecule has 0 unspecified atom stereocenters. The molecule has 0 atom stereocenters. The number of anilines is 1. The molecule has 0 radical (unpaired) electrons. The van der Waals surface area contributed by atoms with Crippen molar-refractivity contribution in [2.24, 2.45) is 26.2 Å². The van der Waals surface area contributed by atoms with Gasteiger partial charge in [-0.1, -0.05) is 0 Å². The number of rotatable bonds is 21. The summed E-state index contributed by atoms with van der Waals surface area (Å²) in [6.07, 6.45) is 1.11. The molecule has 0 fully saturated rings. The van der Waals surface area contributed by atoms with E-state index in [1.807, 2.05) is 24.3 Å². The van der Waals surface area contributed by atoms with Gasteiger partial charge in [0, 0.05) is 62.0 Å². The molecule has 0 aliphatic rings.